The lowest BCUT2D eigenvalue weighted by atomic mass is 10.2. The van der Waals surface area contributed by atoms with Crippen molar-refractivity contribution in [2.45, 2.75) is 6.42 Å². The molecule has 0 radical (unpaired) electrons. The first-order valence-corrected chi connectivity index (χ1v) is 12.0. The summed E-state index contributed by atoms with van der Waals surface area (Å²) in [4.78, 5) is 48.0. The van der Waals surface area contributed by atoms with Crippen LogP contribution < -0.4 is 5.32 Å². The molecule has 4 rings (SSSR count). The molecule has 2 saturated heterocycles. The predicted molar refractivity (Wildman–Crippen MR) is 119 cm³/mol. The minimum absolute atomic E-state index is 0.0123. The number of rotatable bonds is 6. The summed E-state index contributed by atoms with van der Waals surface area (Å²) in [6.07, 6.45) is 0.188. The number of carbonyl (C=O) groups is 3. The second-order valence-electron chi connectivity index (χ2n) is 7.40. The van der Waals surface area contributed by atoms with Gasteiger partial charge in [-0.1, -0.05) is 6.07 Å². The summed E-state index contributed by atoms with van der Waals surface area (Å²) in [6.45, 7) is 5.48. The molecule has 0 atom stereocenters. The highest BCUT2D eigenvalue weighted by molar-refractivity contribution is 7.14. The quantitative estimate of drug-likeness (QED) is 0.687. The predicted octanol–water partition coefficient (Wildman–Crippen LogP) is 1.00. The van der Waals surface area contributed by atoms with Crippen molar-refractivity contribution < 1.29 is 19.1 Å². The van der Waals surface area contributed by atoms with Crippen LogP contribution in [0.15, 0.2) is 22.9 Å². The average Bonchev–Trinajstić information content (AvgIpc) is 3.47. The molecule has 2 fully saturated rings. The summed E-state index contributed by atoms with van der Waals surface area (Å²) >= 11 is 2.67. The Morgan fingerprint density at radius 3 is 2.39 bits per heavy atom. The van der Waals surface area contributed by atoms with Crippen LogP contribution in [0.25, 0.3) is 0 Å². The molecule has 3 amide bonds. The Morgan fingerprint density at radius 1 is 1.00 bits per heavy atom. The highest BCUT2D eigenvalue weighted by atomic mass is 32.1. The first-order valence-electron chi connectivity index (χ1n) is 10.2. The maximum Gasteiger partial charge on any atom is 0.267 e. The van der Waals surface area contributed by atoms with Crippen LogP contribution >= 0.6 is 22.7 Å². The topological polar surface area (TPSA) is 95.1 Å². The van der Waals surface area contributed by atoms with Crippen LogP contribution in [0, 0.1) is 0 Å². The van der Waals surface area contributed by atoms with Gasteiger partial charge in [0.2, 0.25) is 11.8 Å². The normalized spacial score (nSPS) is 17.5. The number of thiazole rings is 1. The summed E-state index contributed by atoms with van der Waals surface area (Å²) < 4.78 is 5.32. The van der Waals surface area contributed by atoms with Crippen LogP contribution in [0.1, 0.15) is 15.4 Å². The molecular formula is C20H25N5O4S2. The van der Waals surface area contributed by atoms with E-state index in [0.717, 1.165) is 13.1 Å². The van der Waals surface area contributed by atoms with E-state index in [4.69, 9.17) is 4.74 Å². The zero-order chi connectivity index (χ0) is 21.6. The van der Waals surface area contributed by atoms with Crippen molar-refractivity contribution in [3.8, 4) is 0 Å². The monoisotopic (exact) mass is 463 g/mol. The van der Waals surface area contributed by atoms with Crippen molar-refractivity contribution in [1.82, 2.24) is 19.7 Å². The molecule has 2 aromatic rings. The Kier molecular flexibility index (Phi) is 7.28. The fraction of sp³-hybridized carbons (Fsp3) is 0.500. The second kappa shape index (κ2) is 10.3. The SMILES string of the molecule is O=C(Nc1nc(CC(=O)N2CCN(C(=O)CN3CCOCC3)CC2)cs1)c1cccs1. The molecule has 0 aromatic carbocycles. The van der Waals surface area contributed by atoms with Gasteiger partial charge in [-0.05, 0) is 11.4 Å². The zero-order valence-corrected chi connectivity index (χ0v) is 18.8. The number of morpholine rings is 1. The lowest BCUT2D eigenvalue weighted by Crippen LogP contribution is -2.53. The maximum atomic E-state index is 12.7. The third-order valence-electron chi connectivity index (χ3n) is 5.30. The molecule has 9 nitrogen and oxygen atoms in total. The van der Waals surface area contributed by atoms with Crippen molar-refractivity contribution in [2.24, 2.45) is 0 Å². The van der Waals surface area contributed by atoms with E-state index >= 15 is 0 Å². The molecule has 2 aromatic heterocycles. The number of nitrogens with one attached hydrogen (secondary N) is 1. The van der Waals surface area contributed by atoms with Crippen LogP contribution in [0.4, 0.5) is 5.13 Å². The summed E-state index contributed by atoms with van der Waals surface area (Å²) in [6, 6.07) is 3.57. The Labute approximate surface area is 188 Å². The summed E-state index contributed by atoms with van der Waals surface area (Å²) in [5, 5.41) is 6.89. The smallest absolute Gasteiger partial charge is 0.267 e. The lowest BCUT2D eigenvalue weighted by Gasteiger charge is -2.36. The standard InChI is InChI=1S/C20H25N5O4S2/c26-17(12-15-14-31-20(21-15)22-19(28)16-2-1-11-30-16)24-3-5-25(6-4-24)18(27)13-23-7-9-29-10-8-23/h1-2,11,14H,3-10,12-13H2,(H,21,22,28). The first-order chi connectivity index (χ1) is 15.1. The fourth-order valence-corrected chi connectivity index (χ4v) is 4.86. The van der Waals surface area contributed by atoms with Gasteiger partial charge in [0, 0.05) is 44.6 Å². The van der Waals surface area contributed by atoms with E-state index < -0.39 is 0 Å². The van der Waals surface area contributed by atoms with Crippen molar-refractivity contribution in [3.63, 3.8) is 0 Å². The highest BCUT2D eigenvalue weighted by Crippen LogP contribution is 2.19. The van der Waals surface area contributed by atoms with E-state index in [-0.39, 0.29) is 24.1 Å². The molecule has 0 saturated carbocycles. The maximum absolute atomic E-state index is 12.7. The van der Waals surface area contributed by atoms with Gasteiger partial charge in [-0.2, -0.15) is 0 Å². The summed E-state index contributed by atoms with van der Waals surface area (Å²) in [5.41, 5.74) is 0.641. The number of amides is 3. The fourth-order valence-electron chi connectivity index (χ4n) is 3.53. The number of piperazine rings is 1. The van der Waals surface area contributed by atoms with Crippen LogP contribution in [0.3, 0.4) is 0 Å². The molecule has 1 N–H and O–H groups in total. The van der Waals surface area contributed by atoms with Crippen LogP contribution in [-0.2, 0) is 20.7 Å². The minimum atomic E-state index is -0.194. The molecule has 2 aliphatic rings. The summed E-state index contributed by atoms with van der Waals surface area (Å²) in [5.74, 6) is -0.0959. The van der Waals surface area contributed by atoms with Crippen molar-refractivity contribution in [3.05, 3.63) is 33.5 Å². The van der Waals surface area contributed by atoms with E-state index in [9.17, 15) is 14.4 Å². The van der Waals surface area contributed by atoms with Gasteiger partial charge in [0.15, 0.2) is 5.13 Å². The van der Waals surface area contributed by atoms with Gasteiger partial charge in [-0.25, -0.2) is 4.98 Å². The zero-order valence-electron chi connectivity index (χ0n) is 17.1. The molecule has 0 aliphatic carbocycles. The number of carbonyl (C=O) groups excluding carboxylic acids is 3. The van der Waals surface area contributed by atoms with Gasteiger partial charge in [0.05, 0.1) is 36.8 Å². The van der Waals surface area contributed by atoms with Crippen molar-refractivity contribution >= 4 is 45.5 Å². The van der Waals surface area contributed by atoms with E-state index in [1.807, 2.05) is 16.3 Å². The number of hydrogen-bond donors (Lipinski definition) is 1. The summed E-state index contributed by atoms with van der Waals surface area (Å²) in [7, 11) is 0. The molecule has 4 heterocycles. The number of ether oxygens (including phenoxy) is 1. The highest BCUT2D eigenvalue weighted by Gasteiger charge is 2.26. The molecule has 11 heteroatoms. The van der Waals surface area contributed by atoms with Crippen molar-refractivity contribution in [2.75, 3.05) is 64.3 Å². The van der Waals surface area contributed by atoms with Gasteiger partial charge in [-0.3, -0.25) is 24.6 Å². The Bertz CT molecular complexity index is 903. The van der Waals surface area contributed by atoms with Crippen LogP contribution in [-0.4, -0.2) is 96.4 Å². The molecule has 0 bridgehead atoms. The second-order valence-corrected chi connectivity index (χ2v) is 9.21. The number of hydrogen-bond acceptors (Lipinski definition) is 8. The Morgan fingerprint density at radius 2 is 1.71 bits per heavy atom. The van der Waals surface area contributed by atoms with E-state index in [0.29, 0.717) is 61.6 Å². The van der Waals surface area contributed by atoms with Crippen LogP contribution in [0.5, 0.6) is 0 Å². The van der Waals surface area contributed by atoms with E-state index in [1.54, 1.807) is 16.3 Å². The van der Waals surface area contributed by atoms with Crippen LogP contribution in [0.2, 0.25) is 0 Å². The average molecular weight is 464 g/mol. The van der Waals surface area contributed by atoms with E-state index in [1.165, 1.54) is 22.7 Å². The third-order valence-corrected chi connectivity index (χ3v) is 6.97. The van der Waals surface area contributed by atoms with Gasteiger partial charge in [-0.15, -0.1) is 22.7 Å². The van der Waals surface area contributed by atoms with Gasteiger partial charge >= 0.3 is 0 Å². The minimum Gasteiger partial charge on any atom is -0.379 e. The van der Waals surface area contributed by atoms with Crippen molar-refractivity contribution in [1.29, 1.82) is 0 Å². The van der Waals surface area contributed by atoms with Gasteiger partial charge < -0.3 is 14.5 Å². The molecule has 0 spiro atoms. The number of anilines is 1. The molecule has 0 unspecified atom stereocenters. The first kappa shape index (κ1) is 21.9. The molecular weight excluding hydrogens is 438 g/mol. The van der Waals surface area contributed by atoms with Gasteiger partial charge in [0.1, 0.15) is 0 Å². The largest absolute Gasteiger partial charge is 0.379 e. The Hall–Kier alpha value is -2.34. The number of thiophene rings is 1. The van der Waals surface area contributed by atoms with Gasteiger partial charge in [0.25, 0.3) is 5.91 Å². The Balaban J connectivity index is 1.21. The molecule has 31 heavy (non-hydrogen) atoms. The van der Waals surface area contributed by atoms with E-state index in [2.05, 4.69) is 15.2 Å². The third kappa shape index (κ3) is 5.88. The number of aromatic nitrogens is 1. The molecule has 2 aliphatic heterocycles. The lowest BCUT2D eigenvalue weighted by molar-refractivity contribution is -0.140. The number of nitrogens with zero attached hydrogens (tertiary/aromatic N) is 4. The molecule has 166 valence electrons.